The zero-order valence-electron chi connectivity index (χ0n) is 8.30. The van der Waals surface area contributed by atoms with Crippen molar-refractivity contribution in [3.05, 3.63) is 41.3 Å². The van der Waals surface area contributed by atoms with Crippen LogP contribution in [0.3, 0.4) is 0 Å². The molecule has 0 aliphatic heterocycles. The summed E-state index contributed by atoms with van der Waals surface area (Å²) in [4.78, 5) is 12.5. The Hall–Kier alpha value is -1.17. The second-order valence-electron chi connectivity index (χ2n) is 2.95. The Morgan fingerprint density at radius 1 is 1.25 bits per heavy atom. The van der Waals surface area contributed by atoms with Crippen molar-refractivity contribution in [3.63, 3.8) is 0 Å². The van der Waals surface area contributed by atoms with Crippen molar-refractivity contribution in [2.75, 3.05) is 0 Å². The van der Waals surface area contributed by atoms with Gasteiger partial charge < -0.3 is 5.73 Å². The van der Waals surface area contributed by atoms with Crippen molar-refractivity contribution < 1.29 is 0 Å². The predicted octanol–water partition coefficient (Wildman–Crippen LogP) is 2.13. The molecule has 0 saturated carbocycles. The molecular formula is C10H9ClN4S. The second kappa shape index (κ2) is 5.25. The highest BCUT2D eigenvalue weighted by atomic mass is 35.5. The lowest BCUT2D eigenvalue weighted by Crippen LogP contribution is -2.00. The zero-order valence-corrected chi connectivity index (χ0v) is 9.87. The second-order valence-corrected chi connectivity index (χ2v) is 4.38. The highest BCUT2D eigenvalue weighted by Gasteiger charge is 2.02. The van der Waals surface area contributed by atoms with Gasteiger partial charge in [0.15, 0.2) is 5.16 Å². The molecule has 2 aromatic heterocycles. The maximum Gasteiger partial charge on any atom is 0.194 e. The molecule has 2 aromatic rings. The molecule has 0 fully saturated rings. The van der Waals surface area contributed by atoms with Gasteiger partial charge in [0, 0.05) is 18.9 Å². The molecule has 0 bridgehead atoms. The van der Waals surface area contributed by atoms with Crippen molar-refractivity contribution in [3.8, 4) is 0 Å². The van der Waals surface area contributed by atoms with Crippen LogP contribution in [0.4, 0.5) is 0 Å². The van der Waals surface area contributed by atoms with Gasteiger partial charge in [0.1, 0.15) is 5.03 Å². The van der Waals surface area contributed by atoms with Crippen LogP contribution in [0.2, 0.25) is 5.02 Å². The topological polar surface area (TPSA) is 64.7 Å². The highest BCUT2D eigenvalue weighted by Crippen LogP contribution is 2.23. The van der Waals surface area contributed by atoms with Gasteiger partial charge >= 0.3 is 0 Å². The Morgan fingerprint density at radius 3 is 2.81 bits per heavy atom. The van der Waals surface area contributed by atoms with Gasteiger partial charge in [0.25, 0.3) is 0 Å². The van der Waals surface area contributed by atoms with Crippen LogP contribution in [0.15, 0.2) is 40.8 Å². The number of aromatic nitrogens is 3. The molecule has 0 aliphatic rings. The molecular weight excluding hydrogens is 244 g/mol. The van der Waals surface area contributed by atoms with Crippen LogP contribution < -0.4 is 5.73 Å². The molecule has 82 valence electrons. The first-order chi connectivity index (χ1) is 7.78. The number of nitrogens with zero attached hydrogens (tertiary/aromatic N) is 3. The summed E-state index contributed by atoms with van der Waals surface area (Å²) < 4.78 is 0. The first kappa shape index (κ1) is 11.3. The van der Waals surface area contributed by atoms with Crippen molar-refractivity contribution in [1.82, 2.24) is 15.0 Å². The lowest BCUT2D eigenvalue weighted by atomic mass is 10.4. The number of halogens is 1. The fraction of sp³-hybridized carbons (Fsp3) is 0.100. The van der Waals surface area contributed by atoms with E-state index in [-0.39, 0.29) is 0 Å². The van der Waals surface area contributed by atoms with Crippen molar-refractivity contribution in [2.45, 2.75) is 16.7 Å². The SMILES string of the molecule is NCc1ccnc(Sc2ccc(Cl)cn2)n1. The number of hydrogen-bond donors (Lipinski definition) is 1. The Balaban J connectivity index is 2.16. The number of pyridine rings is 1. The molecule has 2 rings (SSSR count). The molecule has 6 heteroatoms. The fourth-order valence-corrected chi connectivity index (χ4v) is 1.87. The lowest BCUT2D eigenvalue weighted by Gasteiger charge is -2.00. The summed E-state index contributed by atoms with van der Waals surface area (Å²) in [5, 5.41) is 2.05. The number of hydrogen-bond acceptors (Lipinski definition) is 5. The molecule has 16 heavy (non-hydrogen) atoms. The van der Waals surface area contributed by atoms with E-state index in [1.54, 1.807) is 24.5 Å². The maximum atomic E-state index is 5.74. The first-order valence-corrected chi connectivity index (χ1v) is 5.79. The molecule has 0 atom stereocenters. The van der Waals surface area contributed by atoms with Crippen LogP contribution in [0.25, 0.3) is 0 Å². The number of nitrogens with two attached hydrogens (primary N) is 1. The van der Waals surface area contributed by atoms with E-state index in [1.165, 1.54) is 11.8 Å². The Morgan fingerprint density at radius 2 is 2.12 bits per heavy atom. The van der Waals surface area contributed by atoms with Gasteiger partial charge in [-0.05, 0) is 30.0 Å². The van der Waals surface area contributed by atoms with Gasteiger partial charge in [0.05, 0.1) is 10.7 Å². The predicted molar refractivity (Wildman–Crippen MR) is 63.3 cm³/mol. The van der Waals surface area contributed by atoms with Crippen molar-refractivity contribution in [2.24, 2.45) is 5.73 Å². The molecule has 0 aromatic carbocycles. The van der Waals surface area contributed by atoms with E-state index in [2.05, 4.69) is 15.0 Å². The minimum atomic E-state index is 0.407. The van der Waals surface area contributed by atoms with Gasteiger partial charge in [-0.1, -0.05) is 11.6 Å². The summed E-state index contributed by atoms with van der Waals surface area (Å²) >= 11 is 7.12. The van der Waals surface area contributed by atoms with Gasteiger partial charge in [-0.2, -0.15) is 0 Å². The van der Waals surface area contributed by atoms with E-state index in [4.69, 9.17) is 17.3 Å². The summed E-state index contributed by atoms with van der Waals surface area (Å²) in [6.07, 6.45) is 3.28. The normalized spacial score (nSPS) is 10.4. The quantitative estimate of drug-likeness (QED) is 0.848. The Labute approximate surface area is 102 Å². The zero-order chi connectivity index (χ0) is 11.4. The van der Waals surface area contributed by atoms with Crippen LogP contribution >= 0.6 is 23.4 Å². The summed E-state index contributed by atoms with van der Waals surface area (Å²) in [5.74, 6) is 0. The molecule has 0 amide bonds. The van der Waals surface area contributed by atoms with Crippen molar-refractivity contribution in [1.29, 1.82) is 0 Å². The summed E-state index contributed by atoms with van der Waals surface area (Å²) in [6, 6.07) is 5.40. The van der Waals surface area contributed by atoms with E-state index in [1.807, 2.05) is 6.07 Å². The minimum absolute atomic E-state index is 0.407. The third-order valence-corrected chi connectivity index (χ3v) is 2.85. The molecule has 0 saturated heterocycles. The Bertz CT molecular complexity index is 475. The van der Waals surface area contributed by atoms with E-state index in [0.717, 1.165) is 10.7 Å². The molecule has 0 radical (unpaired) electrons. The monoisotopic (exact) mass is 252 g/mol. The molecule has 0 unspecified atom stereocenters. The summed E-state index contributed by atoms with van der Waals surface area (Å²) in [5.41, 5.74) is 6.31. The molecule has 0 aliphatic carbocycles. The van der Waals surface area contributed by atoms with Gasteiger partial charge in [-0.15, -0.1) is 0 Å². The summed E-state index contributed by atoms with van der Waals surface area (Å²) in [7, 11) is 0. The van der Waals surface area contributed by atoms with Crippen LogP contribution in [-0.4, -0.2) is 15.0 Å². The minimum Gasteiger partial charge on any atom is -0.325 e. The average molecular weight is 253 g/mol. The smallest absolute Gasteiger partial charge is 0.194 e. The largest absolute Gasteiger partial charge is 0.325 e. The van der Waals surface area contributed by atoms with Crippen LogP contribution in [0, 0.1) is 0 Å². The average Bonchev–Trinajstić information content (AvgIpc) is 2.32. The molecule has 0 spiro atoms. The fourth-order valence-electron chi connectivity index (χ4n) is 1.06. The van der Waals surface area contributed by atoms with E-state index < -0.39 is 0 Å². The third-order valence-electron chi connectivity index (χ3n) is 1.80. The summed E-state index contributed by atoms with van der Waals surface area (Å²) in [6.45, 7) is 0.407. The van der Waals surface area contributed by atoms with Crippen LogP contribution in [0.1, 0.15) is 5.69 Å². The Kier molecular flexibility index (Phi) is 3.71. The van der Waals surface area contributed by atoms with E-state index in [0.29, 0.717) is 16.7 Å². The molecule has 2 N–H and O–H groups in total. The van der Waals surface area contributed by atoms with Gasteiger partial charge in [-0.3, -0.25) is 0 Å². The van der Waals surface area contributed by atoms with E-state index >= 15 is 0 Å². The van der Waals surface area contributed by atoms with Crippen LogP contribution in [0.5, 0.6) is 0 Å². The molecule has 2 heterocycles. The highest BCUT2D eigenvalue weighted by molar-refractivity contribution is 7.99. The molecule has 4 nitrogen and oxygen atoms in total. The standard InChI is InChI=1S/C10H9ClN4S/c11-7-1-2-9(14-6-7)16-10-13-4-3-8(5-12)15-10/h1-4,6H,5,12H2. The first-order valence-electron chi connectivity index (χ1n) is 4.59. The van der Waals surface area contributed by atoms with E-state index in [9.17, 15) is 0 Å². The van der Waals surface area contributed by atoms with Crippen molar-refractivity contribution >= 4 is 23.4 Å². The van der Waals surface area contributed by atoms with Gasteiger partial charge in [0.2, 0.25) is 0 Å². The number of rotatable bonds is 3. The lowest BCUT2D eigenvalue weighted by molar-refractivity contribution is 0.872. The third kappa shape index (κ3) is 2.91. The van der Waals surface area contributed by atoms with Crippen LogP contribution in [-0.2, 0) is 6.54 Å². The maximum absolute atomic E-state index is 5.74. The van der Waals surface area contributed by atoms with Gasteiger partial charge in [-0.25, -0.2) is 15.0 Å².